The number of nitro groups is 1. The van der Waals surface area contributed by atoms with E-state index < -0.39 is 4.92 Å². The van der Waals surface area contributed by atoms with Gasteiger partial charge in [-0.2, -0.15) is 0 Å². The second kappa shape index (κ2) is 3.51. The molecule has 0 bridgehead atoms. The Hall–Kier alpha value is -0.680. The molecule has 7 heavy (non-hydrogen) atoms. The van der Waals surface area contributed by atoms with E-state index in [1.165, 1.54) is 0 Å². The normalized spacial score (nSPS) is 8.71. The van der Waals surface area contributed by atoms with Crippen LogP contribution in [-0.4, -0.2) is 18.1 Å². The molecule has 0 aromatic carbocycles. The van der Waals surface area contributed by atoms with Crippen molar-refractivity contribution in [1.29, 1.82) is 0 Å². The first-order chi connectivity index (χ1) is 3.27. The molecule has 2 N–H and O–H groups in total. The van der Waals surface area contributed by atoms with Crippen LogP contribution in [0.15, 0.2) is 0 Å². The molecule has 0 spiro atoms. The van der Waals surface area contributed by atoms with Gasteiger partial charge in [0.15, 0.2) is 0 Å². The van der Waals surface area contributed by atoms with Crippen molar-refractivity contribution < 1.29 is 9.76 Å². The third-order valence-electron chi connectivity index (χ3n) is 0.392. The van der Waals surface area contributed by atoms with Gasteiger partial charge in [0.25, 0.3) is 0 Å². The molecule has 5 nitrogen and oxygen atoms in total. The second-order valence-electron chi connectivity index (χ2n) is 0.927. The van der Waals surface area contributed by atoms with Crippen molar-refractivity contribution in [2.75, 3.05) is 13.2 Å². The third-order valence-corrected chi connectivity index (χ3v) is 0.392. The SMILES string of the molecule is NOCC[N+](=O)[O-]. The number of rotatable bonds is 3. The summed E-state index contributed by atoms with van der Waals surface area (Å²) in [6, 6.07) is 0. The smallest absolute Gasteiger partial charge is 0.228 e. The van der Waals surface area contributed by atoms with Crippen LogP contribution in [0.3, 0.4) is 0 Å². The van der Waals surface area contributed by atoms with Gasteiger partial charge in [-0.1, -0.05) is 0 Å². The molecule has 0 rings (SSSR count). The molecule has 0 radical (unpaired) electrons. The van der Waals surface area contributed by atoms with Crippen molar-refractivity contribution in [2.45, 2.75) is 0 Å². The van der Waals surface area contributed by atoms with Gasteiger partial charge in [0, 0.05) is 4.92 Å². The first-order valence-corrected chi connectivity index (χ1v) is 1.71. The van der Waals surface area contributed by atoms with Crippen LogP contribution in [-0.2, 0) is 4.84 Å². The average molecular weight is 106 g/mol. The minimum Gasteiger partial charge on any atom is -0.298 e. The first kappa shape index (κ1) is 6.32. The van der Waals surface area contributed by atoms with Crippen LogP contribution in [0.1, 0.15) is 0 Å². The van der Waals surface area contributed by atoms with E-state index in [1.807, 2.05) is 0 Å². The molecule has 42 valence electrons. The Balaban J connectivity index is 2.82. The highest BCUT2D eigenvalue weighted by atomic mass is 16.6. The summed E-state index contributed by atoms with van der Waals surface area (Å²) in [4.78, 5) is 12.8. The number of hydrogen-bond donors (Lipinski definition) is 1. The highest BCUT2D eigenvalue weighted by Gasteiger charge is 1.91. The van der Waals surface area contributed by atoms with E-state index >= 15 is 0 Å². The van der Waals surface area contributed by atoms with Crippen LogP contribution < -0.4 is 5.90 Å². The maximum absolute atomic E-state index is 9.43. The lowest BCUT2D eigenvalue weighted by Gasteiger charge is -1.86. The lowest BCUT2D eigenvalue weighted by atomic mass is 10.7. The van der Waals surface area contributed by atoms with Gasteiger partial charge in [0.2, 0.25) is 6.54 Å². The predicted molar refractivity (Wildman–Crippen MR) is 22.0 cm³/mol. The summed E-state index contributed by atoms with van der Waals surface area (Å²) < 4.78 is 0. The molecular formula is C2H6N2O3. The first-order valence-electron chi connectivity index (χ1n) is 1.71. The number of hydrogen-bond acceptors (Lipinski definition) is 4. The molecule has 0 aliphatic carbocycles. The van der Waals surface area contributed by atoms with Crippen LogP contribution in [0.4, 0.5) is 0 Å². The summed E-state index contributed by atoms with van der Waals surface area (Å²) in [6.07, 6.45) is 0. The summed E-state index contributed by atoms with van der Waals surface area (Å²) in [5.74, 6) is 4.47. The quantitative estimate of drug-likeness (QED) is 0.375. The largest absolute Gasteiger partial charge is 0.298 e. The lowest BCUT2D eigenvalue weighted by molar-refractivity contribution is -0.483. The Morgan fingerprint density at radius 3 is 2.57 bits per heavy atom. The van der Waals surface area contributed by atoms with Crippen molar-refractivity contribution in [3.63, 3.8) is 0 Å². The van der Waals surface area contributed by atoms with Crippen molar-refractivity contribution in [3.05, 3.63) is 10.1 Å². The minimum absolute atomic E-state index is 0.0208. The predicted octanol–water partition coefficient (Wildman–Crippen LogP) is -0.847. The summed E-state index contributed by atoms with van der Waals surface area (Å²) in [6.45, 7) is -0.247. The Morgan fingerprint density at radius 2 is 2.43 bits per heavy atom. The van der Waals surface area contributed by atoms with Gasteiger partial charge in [0.1, 0.15) is 6.61 Å². The molecule has 0 aliphatic heterocycles. The van der Waals surface area contributed by atoms with Crippen LogP contribution in [0.5, 0.6) is 0 Å². The molecule has 0 aromatic heterocycles. The molecule has 0 atom stereocenters. The number of nitrogens with two attached hydrogens (primary N) is 1. The Kier molecular flexibility index (Phi) is 3.17. The maximum atomic E-state index is 9.43. The summed E-state index contributed by atoms with van der Waals surface area (Å²) in [7, 11) is 0. The molecule has 0 heterocycles. The van der Waals surface area contributed by atoms with Crippen molar-refractivity contribution in [3.8, 4) is 0 Å². The highest BCUT2D eigenvalue weighted by Crippen LogP contribution is 1.65. The highest BCUT2D eigenvalue weighted by molar-refractivity contribution is 4.19. The molecule has 0 saturated carbocycles. The topological polar surface area (TPSA) is 78.4 Å². The molecule has 0 aromatic rings. The molecular weight excluding hydrogens is 100 g/mol. The molecule has 0 saturated heterocycles. The van der Waals surface area contributed by atoms with Crippen molar-refractivity contribution in [2.24, 2.45) is 5.90 Å². The fraction of sp³-hybridized carbons (Fsp3) is 1.00. The van der Waals surface area contributed by atoms with Gasteiger partial charge < -0.3 is 0 Å². The molecule has 0 fully saturated rings. The van der Waals surface area contributed by atoms with Gasteiger partial charge in [-0.3, -0.25) is 15.0 Å². The van der Waals surface area contributed by atoms with Gasteiger partial charge >= 0.3 is 0 Å². The average Bonchev–Trinajstić information content (AvgIpc) is 1.61. The van der Waals surface area contributed by atoms with E-state index in [2.05, 4.69) is 10.7 Å². The van der Waals surface area contributed by atoms with Gasteiger partial charge in [-0.15, -0.1) is 0 Å². The Labute approximate surface area is 40.2 Å². The molecule has 0 unspecified atom stereocenters. The zero-order valence-electron chi connectivity index (χ0n) is 3.66. The van der Waals surface area contributed by atoms with Crippen LogP contribution in [0.25, 0.3) is 0 Å². The lowest BCUT2D eigenvalue weighted by Crippen LogP contribution is -2.11. The van der Waals surface area contributed by atoms with E-state index in [9.17, 15) is 10.1 Å². The van der Waals surface area contributed by atoms with Crippen molar-refractivity contribution in [1.82, 2.24) is 0 Å². The summed E-state index contributed by atoms with van der Waals surface area (Å²) in [5, 5.41) is 9.43. The maximum Gasteiger partial charge on any atom is 0.228 e. The third kappa shape index (κ3) is 5.32. The van der Waals surface area contributed by atoms with Gasteiger partial charge in [-0.25, -0.2) is 5.90 Å². The Morgan fingerprint density at radius 1 is 1.86 bits per heavy atom. The van der Waals surface area contributed by atoms with E-state index in [1.54, 1.807) is 0 Å². The summed E-state index contributed by atoms with van der Waals surface area (Å²) >= 11 is 0. The van der Waals surface area contributed by atoms with Gasteiger partial charge in [0.05, 0.1) is 0 Å². The molecule has 0 aliphatic rings. The van der Waals surface area contributed by atoms with E-state index in [0.29, 0.717) is 0 Å². The monoisotopic (exact) mass is 106 g/mol. The van der Waals surface area contributed by atoms with E-state index in [0.717, 1.165) is 0 Å². The zero-order valence-corrected chi connectivity index (χ0v) is 3.66. The van der Waals surface area contributed by atoms with Crippen LogP contribution in [0, 0.1) is 10.1 Å². The zero-order chi connectivity index (χ0) is 5.70. The minimum atomic E-state index is -0.493. The van der Waals surface area contributed by atoms with Gasteiger partial charge in [-0.05, 0) is 0 Å². The fourth-order valence-electron chi connectivity index (χ4n) is 0.127. The van der Waals surface area contributed by atoms with E-state index in [-0.39, 0.29) is 13.2 Å². The summed E-state index contributed by atoms with van der Waals surface area (Å²) in [5.41, 5.74) is 0. The standard InChI is InChI=1S/C2H6N2O3/c3-7-2-1-4(5)6/h1-3H2. The Bertz CT molecular complexity index is 64.0. The van der Waals surface area contributed by atoms with Crippen molar-refractivity contribution >= 4 is 0 Å². The fourth-order valence-corrected chi connectivity index (χ4v) is 0.127. The van der Waals surface area contributed by atoms with E-state index in [4.69, 9.17) is 0 Å². The van der Waals surface area contributed by atoms with Crippen LogP contribution >= 0.6 is 0 Å². The molecule has 0 amide bonds. The second-order valence-corrected chi connectivity index (χ2v) is 0.927. The molecule has 5 heteroatoms. The van der Waals surface area contributed by atoms with Crippen LogP contribution in [0.2, 0.25) is 0 Å². The number of nitrogens with zero attached hydrogens (tertiary/aromatic N) is 1.